The van der Waals surface area contributed by atoms with Crippen molar-refractivity contribution in [3.8, 4) is 0 Å². The third-order valence-corrected chi connectivity index (χ3v) is 4.64. The standard InChI is InChI=1S/C14H26N4O/c1-11-5-9-18(10-6-11)13(19)17-14(12(15)16)7-3-2-4-8-14/h11H,2-10H2,1H3,(H3,15,16)(H,17,19). The van der Waals surface area contributed by atoms with Gasteiger partial charge in [0.1, 0.15) is 5.84 Å². The third kappa shape index (κ3) is 3.19. The second kappa shape index (κ2) is 5.80. The molecule has 5 nitrogen and oxygen atoms in total. The summed E-state index contributed by atoms with van der Waals surface area (Å²) in [6.07, 6.45) is 7.00. The highest BCUT2D eigenvalue weighted by molar-refractivity contribution is 5.91. The van der Waals surface area contributed by atoms with Crippen molar-refractivity contribution in [3.63, 3.8) is 0 Å². The Labute approximate surface area is 115 Å². The van der Waals surface area contributed by atoms with Crippen molar-refractivity contribution in [1.29, 1.82) is 5.41 Å². The Bertz CT molecular complexity index is 341. The molecule has 0 spiro atoms. The molecule has 0 radical (unpaired) electrons. The fourth-order valence-electron chi connectivity index (χ4n) is 3.11. The molecule has 0 aromatic heterocycles. The van der Waals surface area contributed by atoms with Crippen LogP contribution in [0.15, 0.2) is 0 Å². The number of piperidine rings is 1. The Morgan fingerprint density at radius 2 is 1.84 bits per heavy atom. The van der Waals surface area contributed by atoms with E-state index >= 15 is 0 Å². The van der Waals surface area contributed by atoms with Crippen molar-refractivity contribution in [2.45, 2.75) is 57.4 Å². The molecule has 1 aliphatic heterocycles. The topological polar surface area (TPSA) is 82.2 Å². The number of hydrogen-bond donors (Lipinski definition) is 3. The summed E-state index contributed by atoms with van der Waals surface area (Å²) in [4.78, 5) is 14.2. The lowest BCUT2D eigenvalue weighted by atomic mass is 9.81. The van der Waals surface area contributed by atoms with Gasteiger partial charge in [0.25, 0.3) is 0 Å². The molecule has 19 heavy (non-hydrogen) atoms. The second-order valence-electron chi connectivity index (χ2n) is 6.16. The monoisotopic (exact) mass is 266 g/mol. The highest BCUT2D eigenvalue weighted by atomic mass is 16.2. The molecule has 2 aliphatic rings. The number of nitrogens with two attached hydrogens (primary N) is 1. The number of carbonyl (C=O) groups excluding carboxylic acids is 1. The van der Waals surface area contributed by atoms with Gasteiger partial charge in [-0.2, -0.15) is 0 Å². The van der Waals surface area contributed by atoms with Crippen molar-refractivity contribution in [2.24, 2.45) is 11.7 Å². The van der Waals surface area contributed by atoms with Crippen LogP contribution in [0.25, 0.3) is 0 Å². The highest BCUT2D eigenvalue weighted by Gasteiger charge is 2.38. The molecule has 0 aromatic rings. The summed E-state index contributed by atoms with van der Waals surface area (Å²) in [5.41, 5.74) is 5.17. The van der Waals surface area contributed by atoms with Crippen LogP contribution in [0, 0.1) is 11.3 Å². The van der Waals surface area contributed by atoms with Crippen LogP contribution >= 0.6 is 0 Å². The largest absolute Gasteiger partial charge is 0.386 e. The maximum atomic E-state index is 12.3. The molecular formula is C14H26N4O. The van der Waals surface area contributed by atoms with E-state index in [1.54, 1.807) is 0 Å². The summed E-state index contributed by atoms with van der Waals surface area (Å²) in [6.45, 7) is 3.87. The zero-order valence-corrected chi connectivity index (χ0v) is 11.9. The first-order valence-corrected chi connectivity index (χ1v) is 7.45. The molecular weight excluding hydrogens is 240 g/mol. The smallest absolute Gasteiger partial charge is 0.318 e. The van der Waals surface area contributed by atoms with Crippen molar-refractivity contribution in [3.05, 3.63) is 0 Å². The molecule has 5 heteroatoms. The molecule has 1 aliphatic carbocycles. The number of rotatable bonds is 2. The van der Waals surface area contributed by atoms with Gasteiger partial charge in [0.15, 0.2) is 0 Å². The summed E-state index contributed by atoms with van der Waals surface area (Å²) in [7, 11) is 0. The SMILES string of the molecule is CC1CCN(C(=O)NC2(C(=N)N)CCCCC2)CC1. The quantitative estimate of drug-likeness (QED) is 0.528. The van der Waals surface area contributed by atoms with Gasteiger partial charge in [-0.15, -0.1) is 0 Å². The summed E-state index contributed by atoms with van der Waals surface area (Å²) in [5, 5.41) is 10.9. The minimum atomic E-state index is -0.585. The van der Waals surface area contributed by atoms with Gasteiger partial charge in [-0.3, -0.25) is 5.41 Å². The Morgan fingerprint density at radius 1 is 1.26 bits per heavy atom. The van der Waals surface area contributed by atoms with Gasteiger partial charge < -0.3 is 16.0 Å². The molecule has 2 fully saturated rings. The lowest BCUT2D eigenvalue weighted by molar-refractivity contribution is 0.162. The number of likely N-dealkylation sites (tertiary alicyclic amines) is 1. The molecule has 108 valence electrons. The Hall–Kier alpha value is -1.26. The van der Waals surface area contributed by atoms with E-state index in [0.29, 0.717) is 5.92 Å². The van der Waals surface area contributed by atoms with E-state index in [0.717, 1.165) is 51.6 Å². The van der Waals surface area contributed by atoms with Crippen molar-refractivity contribution < 1.29 is 4.79 Å². The van der Waals surface area contributed by atoms with Gasteiger partial charge in [-0.1, -0.05) is 26.2 Å². The maximum Gasteiger partial charge on any atom is 0.318 e. The van der Waals surface area contributed by atoms with Crippen LogP contribution in [0.2, 0.25) is 0 Å². The second-order valence-corrected chi connectivity index (χ2v) is 6.16. The Kier molecular flexibility index (Phi) is 4.32. The number of carbonyl (C=O) groups is 1. The van der Waals surface area contributed by atoms with Gasteiger partial charge in [0.2, 0.25) is 0 Å². The first-order chi connectivity index (χ1) is 9.03. The molecule has 2 amide bonds. The van der Waals surface area contributed by atoms with Crippen molar-refractivity contribution >= 4 is 11.9 Å². The predicted octanol–water partition coefficient (Wildman–Crippen LogP) is 2.07. The van der Waals surface area contributed by atoms with Gasteiger partial charge in [0.05, 0.1) is 5.54 Å². The predicted molar refractivity (Wildman–Crippen MR) is 76.2 cm³/mol. The number of hydrogen-bond acceptors (Lipinski definition) is 2. The van der Waals surface area contributed by atoms with Crippen LogP contribution in [0.3, 0.4) is 0 Å². The minimum absolute atomic E-state index is 0.0380. The van der Waals surface area contributed by atoms with E-state index in [1.807, 2.05) is 4.90 Å². The molecule has 0 atom stereocenters. The molecule has 0 aromatic carbocycles. The third-order valence-electron chi connectivity index (χ3n) is 4.64. The molecule has 1 saturated carbocycles. The van der Waals surface area contributed by atoms with Crippen molar-refractivity contribution in [2.75, 3.05) is 13.1 Å². The van der Waals surface area contributed by atoms with Crippen LogP contribution in [-0.4, -0.2) is 35.4 Å². The van der Waals surface area contributed by atoms with E-state index in [-0.39, 0.29) is 11.9 Å². The average Bonchev–Trinajstić information content (AvgIpc) is 2.40. The summed E-state index contributed by atoms with van der Waals surface area (Å²) >= 11 is 0. The molecule has 1 saturated heterocycles. The van der Waals surface area contributed by atoms with Gasteiger partial charge in [0, 0.05) is 13.1 Å². The van der Waals surface area contributed by atoms with Crippen LogP contribution in [-0.2, 0) is 0 Å². The Morgan fingerprint density at radius 3 is 2.37 bits per heavy atom. The summed E-state index contributed by atoms with van der Waals surface area (Å²) < 4.78 is 0. The summed E-state index contributed by atoms with van der Waals surface area (Å²) in [5.74, 6) is 0.825. The van der Waals surface area contributed by atoms with E-state index in [2.05, 4.69) is 12.2 Å². The maximum absolute atomic E-state index is 12.3. The number of urea groups is 1. The molecule has 2 rings (SSSR count). The van der Waals surface area contributed by atoms with Gasteiger partial charge in [-0.05, 0) is 31.6 Å². The van der Waals surface area contributed by atoms with Gasteiger partial charge >= 0.3 is 6.03 Å². The lowest BCUT2D eigenvalue weighted by Crippen LogP contribution is -2.61. The molecule has 0 unspecified atom stereocenters. The van der Waals surface area contributed by atoms with E-state index in [9.17, 15) is 4.79 Å². The minimum Gasteiger partial charge on any atom is -0.386 e. The number of amidine groups is 1. The average molecular weight is 266 g/mol. The van der Waals surface area contributed by atoms with Crippen LogP contribution in [0.4, 0.5) is 4.79 Å². The van der Waals surface area contributed by atoms with E-state index < -0.39 is 5.54 Å². The number of amides is 2. The molecule has 4 N–H and O–H groups in total. The fourth-order valence-corrected chi connectivity index (χ4v) is 3.11. The van der Waals surface area contributed by atoms with E-state index in [1.165, 1.54) is 6.42 Å². The lowest BCUT2D eigenvalue weighted by Gasteiger charge is -2.39. The summed E-state index contributed by atoms with van der Waals surface area (Å²) in [6, 6.07) is -0.0380. The van der Waals surface area contributed by atoms with Gasteiger partial charge in [-0.25, -0.2) is 4.79 Å². The zero-order chi connectivity index (χ0) is 13.9. The number of nitrogens with one attached hydrogen (secondary N) is 2. The van der Waals surface area contributed by atoms with Crippen molar-refractivity contribution in [1.82, 2.24) is 10.2 Å². The highest BCUT2D eigenvalue weighted by Crippen LogP contribution is 2.28. The van der Waals surface area contributed by atoms with Crippen LogP contribution in [0.5, 0.6) is 0 Å². The Balaban J connectivity index is 1.97. The van der Waals surface area contributed by atoms with E-state index in [4.69, 9.17) is 11.1 Å². The number of nitrogens with zero attached hydrogens (tertiary/aromatic N) is 1. The first kappa shape index (κ1) is 14.2. The zero-order valence-electron chi connectivity index (χ0n) is 11.9. The fraction of sp³-hybridized carbons (Fsp3) is 0.857. The molecule has 1 heterocycles. The van der Waals surface area contributed by atoms with Crippen LogP contribution < -0.4 is 11.1 Å². The first-order valence-electron chi connectivity index (χ1n) is 7.45. The normalized spacial score (nSPS) is 23.9. The van der Waals surface area contributed by atoms with Crippen LogP contribution in [0.1, 0.15) is 51.9 Å². The molecule has 0 bridgehead atoms.